The van der Waals surface area contributed by atoms with E-state index in [4.69, 9.17) is 26.1 Å². The zero-order chi connectivity index (χ0) is 46.4. The van der Waals surface area contributed by atoms with Crippen LogP contribution in [0.2, 0.25) is 18.1 Å². The van der Waals surface area contributed by atoms with Gasteiger partial charge in [0.05, 0.1) is 28.0 Å². The van der Waals surface area contributed by atoms with Crippen LogP contribution in [0.4, 0.5) is 5.69 Å². The number of ether oxygens (including phenoxy) is 2. The molecule has 2 N–H and O–H groups in total. The van der Waals surface area contributed by atoms with Crippen molar-refractivity contribution in [3.63, 3.8) is 0 Å². The predicted octanol–water partition coefficient (Wildman–Crippen LogP) is 10.8. The SMILES string of the molecule is C=C(C)[C@@H]1CCC(C)=C[C@H]1c1c(O)cc(CCCCC)cc1OC(=S)NC/C=C/C1=C(C(=O)OC(=O)c2ccc([N+](=O)[O-])cc2)N2C(=O)[C@](C)([C@@H](C)O[Si](CC)(CC)CC)[C@H]2[C@H]1C. The molecule has 1 aliphatic carbocycles. The number of β-lactam (4-membered cyclic amide) rings is 1. The number of unbranched alkanes of at least 4 members (excludes halogenated alkanes) is 2. The van der Waals surface area contributed by atoms with Gasteiger partial charge >= 0.3 is 11.9 Å². The minimum Gasteiger partial charge on any atom is -0.507 e. The van der Waals surface area contributed by atoms with Crippen LogP contribution in [-0.4, -0.2) is 65.0 Å². The number of nitrogens with one attached hydrogen (secondary N) is 1. The number of aromatic hydroxyl groups is 1. The van der Waals surface area contributed by atoms with E-state index in [9.17, 15) is 29.6 Å². The van der Waals surface area contributed by atoms with Gasteiger partial charge in [0.15, 0.2) is 8.32 Å². The van der Waals surface area contributed by atoms with E-state index in [0.29, 0.717) is 16.9 Å². The van der Waals surface area contributed by atoms with Crippen molar-refractivity contribution in [1.82, 2.24) is 10.2 Å². The number of nitro benzene ring substituents is 1. The highest BCUT2D eigenvalue weighted by Crippen LogP contribution is 2.56. The van der Waals surface area contributed by atoms with Crippen LogP contribution in [0.5, 0.6) is 11.5 Å². The summed E-state index contributed by atoms with van der Waals surface area (Å²) in [6.07, 6.45) is 11.0. The van der Waals surface area contributed by atoms with E-state index < -0.39 is 42.7 Å². The summed E-state index contributed by atoms with van der Waals surface area (Å²) in [7, 11) is -2.13. The summed E-state index contributed by atoms with van der Waals surface area (Å²) in [6.45, 7) is 22.9. The minimum absolute atomic E-state index is 0.0413. The zero-order valence-electron chi connectivity index (χ0n) is 38.4. The number of nitrogens with zero attached hydrogens (tertiary/aromatic N) is 2. The second-order valence-electron chi connectivity index (χ2n) is 17.7. The summed E-state index contributed by atoms with van der Waals surface area (Å²) < 4.78 is 18.6. The average Bonchev–Trinajstić information content (AvgIpc) is 3.53. The van der Waals surface area contributed by atoms with Gasteiger partial charge in [-0.15, -0.1) is 0 Å². The molecule has 63 heavy (non-hydrogen) atoms. The van der Waals surface area contributed by atoms with E-state index >= 15 is 0 Å². The molecule has 0 spiro atoms. The Labute approximate surface area is 379 Å². The van der Waals surface area contributed by atoms with Gasteiger partial charge in [-0.2, -0.15) is 0 Å². The van der Waals surface area contributed by atoms with Crippen molar-refractivity contribution in [2.75, 3.05) is 6.54 Å². The predicted molar refractivity (Wildman–Crippen MR) is 252 cm³/mol. The number of hydrogen-bond acceptors (Lipinski definition) is 10. The summed E-state index contributed by atoms with van der Waals surface area (Å²) in [5.74, 6) is -2.03. The molecule has 2 aromatic carbocycles. The first-order chi connectivity index (χ1) is 29.9. The highest BCUT2D eigenvalue weighted by atomic mass is 32.1. The van der Waals surface area contributed by atoms with Crippen molar-refractivity contribution >= 4 is 49.2 Å². The van der Waals surface area contributed by atoms with E-state index in [1.54, 1.807) is 12.2 Å². The molecule has 1 fully saturated rings. The van der Waals surface area contributed by atoms with Crippen molar-refractivity contribution in [3.05, 3.63) is 110 Å². The molecule has 1 saturated heterocycles. The molecule has 6 atom stereocenters. The van der Waals surface area contributed by atoms with Gasteiger partial charge in [0.25, 0.3) is 10.9 Å². The number of nitro groups is 1. The molecule has 1 amide bonds. The van der Waals surface area contributed by atoms with Crippen molar-refractivity contribution < 1.29 is 38.3 Å². The lowest BCUT2D eigenvalue weighted by atomic mass is 9.65. The Bertz CT molecular complexity index is 2190. The first kappa shape index (κ1) is 49.1. The molecule has 340 valence electrons. The lowest BCUT2D eigenvalue weighted by molar-refractivity contribution is -0.384. The van der Waals surface area contributed by atoms with E-state index in [1.807, 2.05) is 39.8 Å². The summed E-state index contributed by atoms with van der Waals surface area (Å²) in [5, 5.41) is 26.0. The van der Waals surface area contributed by atoms with Crippen LogP contribution in [-0.2, 0) is 25.2 Å². The maximum atomic E-state index is 14.3. The van der Waals surface area contributed by atoms with Crippen molar-refractivity contribution in [2.24, 2.45) is 17.3 Å². The number of carbonyl (C=O) groups excluding carboxylic acids is 3. The Morgan fingerprint density at radius 2 is 1.79 bits per heavy atom. The van der Waals surface area contributed by atoms with Gasteiger partial charge in [-0.1, -0.05) is 83.4 Å². The molecule has 0 saturated carbocycles. The number of thiocarbonyl (C=S) groups is 1. The number of esters is 2. The zero-order valence-corrected chi connectivity index (χ0v) is 40.2. The summed E-state index contributed by atoms with van der Waals surface area (Å²) >= 11 is 5.73. The molecule has 0 aromatic heterocycles. The molecule has 2 heterocycles. The van der Waals surface area contributed by atoms with Crippen LogP contribution in [0.3, 0.4) is 0 Å². The number of rotatable bonds is 19. The van der Waals surface area contributed by atoms with Crippen molar-refractivity contribution in [1.29, 1.82) is 0 Å². The summed E-state index contributed by atoms with van der Waals surface area (Å²) in [4.78, 5) is 53.6. The maximum Gasteiger partial charge on any atom is 0.363 e. The van der Waals surface area contributed by atoms with Crippen LogP contribution in [0.25, 0.3) is 0 Å². The topological polar surface area (TPSA) is 158 Å². The number of fused-ring (bicyclic) bond motifs is 1. The third kappa shape index (κ3) is 10.2. The molecule has 0 unspecified atom stereocenters. The van der Waals surface area contributed by atoms with Crippen LogP contribution in [0.15, 0.2) is 83.6 Å². The quantitative estimate of drug-likeness (QED) is 0.0159. The first-order valence-electron chi connectivity index (χ1n) is 22.4. The number of allylic oxidation sites excluding steroid dienone is 4. The number of non-ortho nitro benzene ring substituents is 1. The second kappa shape index (κ2) is 20.7. The fourth-order valence-electron chi connectivity index (χ4n) is 9.67. The van der Waals surface area contributed by atoms with Gasteiger partial charge in [0.2, 0.25) is 5.91 Å². The van der Waals surface area contributed by atoms with Crippen LogP contribution in [0, 0.1) is 27.4 Å². The fraction of sp³-hybridized carbons (Fsp3) is 0.510. The number of benzene rings is 2. The third-order valence-electron chi connectivity index (χ3n) is 13.8. The molecule has 0 radical (unpaired) electrons. The Kier molecular flexibility index (Phi) is 16.1. The van der Waals surface area contributed by atoms with E-state index in [-0.39, 0.29) is 58.1 Å². The Hall–Kier alpha value is -4.92. The smallest absolute Gasteiger partial charge is 0.363 e. The van der Waals surface area contributed by atoms with Crippen LogP contribution in [0.1, 0.15) is 122 Å². The monoisotopic (exact) mass is 899 g/mol. The fourth-order valence-corrected chi connectivity index (χ4v) is 12.8. The summed E-state index contributed by atoms with van der Waals surface area (Å²) in [5.41, 5.74) is 3.13. The Balaban J connectivity index is 1.42. The lowest BCUT2D eigenvalue weighted by Crippen LogP contribution is -2.72. The van der Waals surface area contributed by atoms with Gasteiger partial charge in [-0.3, -0.25) is 14.9 Å². The normalized spacial score (nSPS) is 22.6. The van der Waals surface area contributed by atoms with Gasteiger partial charge in [-0.05, 0) is 125 Å². The third-order valence-corrected chi connectivity index (χ3v) is 18.7. The molecule has 14 heteroatoms. The highest BCUT2D eigenvalue weighted by Gasteiger charge is 2.68. The molecular formula is C49H65N3O9SSi. The average molecular weight is 900 g/mol. The van der Waals surface area contributed by atoms with E-state index in [2.05, 4.69) is 52.6 Å². The Morgan fingerprint density at radius 3 is 2.40 bits per heavy atom. The van der Waals surface area contributed by atoms with Gasteiger partial charge in [0, 0.05) is 36.1 Å². The minimum atomic E-state index is -2.13. The molecule has 3 aliphatic rings. The number of phenolic OH excluding ortho intramolecular Hbond substituents is 1. The Morgan fingerprint density at radius 1 is 1.13 bits per heavy atom. The molecule has 2 aromatic rings. The molecule has 12 nitrogen and oxygen atoms in total. The molecule has 2 aliphatic heterocycles. The number of aryl methyl sites for hydroxylation is 1. The van der Waals surface area contributed by atoms with Crippen molar-refractivity contribution in [3.8, 4) is 11.5 Å². The molecule has 0 bridgehead atoms. The van der Waals surface area contributed by atoms with E-state index in [1.165, 1.54) is 22.6 Å². The van der Waals surface area contributed by atoms with E-state index in [0.717, 1.165) is 79.9 Å². The first-order valence-corrected chi connectivity index (χ1v) is 25.4. The largest absolute Gasteiger partial charge is 0.507 e. The number of phenols is 1. The summed E-state index contributed by atoms with van der Waals surface area (Å²) in [6, 6.07) is 10.8. The van der Waals surface area contributed by atoms with Crippen molar-refractivity contribution in [2.45, 2.75) is 137 Å². The van der Waals surface area contributed by atoms with Gasteiger partial charge < -0.3 is 29.2 Å². The molecular weight excluding hydrogens is 835 g/mol. The maximum absolute atomic E-state index is 14.3. The number of carbonyl (C=O) groups is 3. The van der Waals surface area contributed by atoms with Gasteiger partial charge in [0.1, 0.15) is 17.2 Å². The molecule has 5 rings (SSSR count). The second-order valence-corrected chi connectivity index (χ2v) is 22.8. The van der Waals surface area contributed by atoms with Crippen LogP contribution >= 0.6 is 12.2 Å². The lowest BCUT2D eigenvalue weighted by Gasteiger charge is -2.56. The number of hydrogen-bond donors (Lipinski definition) is 2. The standard InChI is InChI=1S/C49H65N3O9SSi/c1-11-15-16-18-34-28-40(53)42(39-27-31(7)20-25-37(39)30(5)6)41(29-34)59-48(62)50-26-17-19-38-32(8)44-49(10,33(9)61-63(12-2,13-3)14-4)47(56)51(44)43(38)46(55)60-45(54)35-21-23-36(24-22-35)52(57)58/h17,19,21-24,27-29,32-33,37,39,44,53H,5,11-16,18,20,25-26H2,1-4,6-10H3,(H,50,62)/b19-17+/t32-,33+,37-,39+,44+,49+/m0/s1. The van der Waals surface area contributed by atoms with Crippen LogP contribution < -0.4 is 10.1 Å². The highest BCUT2D eigenvalue weighted by molar-refractivity contribution is 7.80. The van der Waals surface area contributed by atoms with Gasteiger partial charge in [-0.25, -0.2) is 9.59 Å². The number of amides is 1.